The first-order chi connectivity index (χ1) is 19.2. The fraction of sp³-hybridized carbons (Fsp3) is 0.433. The number of ether oxygens (including phenoxy) is 3. The molecule has 0 N–H and O–H groups in total. The van der Waals surface area contributed by atoms with Gasteiger partial charge in [-0.3, -0.25) is 4.79 Å². The maximum absolute atomic E-state index is 13.8. The molecular formula is C30H38N2O6S2. The van der Waals surface area contributed by atoms with Crippen molar-refractivity contribution >= 4 is 27.3 Å². The quantitative estimate of drug-likeness (QED) is 0.259. The molecule has 1 amide bonds. The van der Waals surface area contributed by atoms with Crippen LogP contribution in [0.25, 0.3) is 0 Å². The smallest absolute Gasteiger partial charge is 0.243 e. The summed E-state index contributed by atoms with van der Waals surface area (Å²) in [4.78, 5) is 16.9. The van der Waals surface area contributed by atoms with Crippen molar-refractivity contribution in [2.45, 2.75) is 43.5 Å². The molecule has 2 aromatic carbocycles. The average Bonchev–Trinajstić information content (AvgIpc) is 3.45. The van der Waals surface area contributed by atoms with E-state index >= 15 is 0 Å². The third kappa shape index (κ3) is 7.04. The molecule has 2 heterocycles. The van der Waals surface area contributed by atoms with Crippen LogP contribution < -0.4 is 9.47 Å². The van der Waals surface area contributed by atoms with Gasteiger partial charge in [-0.05, 0) is 77.7 Å². The Morgan fingerprint density at radius 2 is 1.75 bits per heavy atom. The number of carbonyl (C=O) groups is 1. The van der Waals surface area contributed by atoms with Gasteiger partial charge in [-0.15, -0.1) is 11.3 Å². The van der Waals surface area contributed by atoms with Crippen LogP contribution in [0.5, 0.6) is 11.5 Å². The number of sulfonamides is 1. The van der Waals surface area contributed by atoms with Crippen LogP contribution in [0.2, 0.25) is 0 Å². The van der Waals surface area contributed by atoms with Gasteiger partial charge in [-0.2, -0.15) is 4.31 Å². The van der Waals surface area contributed by atoms with Crippen molar-refractivity contribution in [3.8, 4) is 11.5 Å². The van der Waals surface area contributed by atoms with Crippen LogP contribution in [0.4, 0.5) is 0 Å². The van der Waals surface area contributed by atoms with Gasteiger partial charge >= 0.3 is 0 Å². The molecule has 216 valence electrons. The zero-order chi connectivity index (χ0) is 28.7. The molecule has 0 fully saturated rings. The molecule has 10 heteroatoms. The summed E-state index contributed by atoms with van der Waals surface area (Å²) in [6, 6.07) is 16.0. The van der Waals surface area contributed by atoms with E-state index in [0.29, 0.717) is 31.2 Å². The summed E-state index contributed by atoms with van der Waals surface area (Å²) in [6.07, 6.45) is 1.19. The zero-order valence-electron chi connectivity index (χ0n) is 23.5. The number of hydrogen-bond acceptors (Lipinski definition) is 7. The number of hydrogen-bond donors (Lipinski definition) is 0. The Bertz CT molecular complexity index is 1350. The summed E-state index contributed by atoms with van der Waals surface area (Å²) in [6.45, 7) is 5.36. The Morgan fingerprint density at radius 1 is 1.05 bits per heavy atom. The summed E-state index contributed by atoms with van der Waals surface area (Å²) in [5.74, 6) is 1.47. The fourth-order valence-corrected chi connectivity index (χ4v) is 7.16. The van der Waals surface area contributed by atoms with Crippen molar-refractivity contribution in [3.05, 3.63) is 76.0 Å². The highest BCUT2D eigenvalue weighted by Crippen LogP contribution is 2.34. The molecule has 0 bridgehead atoms. The van der Waals surface area contributed by atoms with Crippen molar-refractivity contribution in [1.29, 1.82) is 0 Å². The van der Waals surface area contributed by atoms with Crippen LogP contribution in [0.15, 0.2) is 64.9 Å². The topological polar surface area (TPSA) is 85.4 Å². The Hall–Kier alpha value is -2.92. The normalized spacial score (nSPS) is 15.3. The molecule has 0 unspecified atom stereocenters. The van der Waals surface area contributed by atoms with Gasteiger partial charge in [0, 0.05) is 31.7 Å². The SMILES string of the molecule is COCCCN(CC(=O)N1CCc2sccc2[C@H]1COc1ccc(C(C)C)cc1)S(=O)(=O)c1ccc(OC)cc1. The van der Waals surface area contributed by atoms with Crippen LogP contribution >= 0.6 is 11.3 Å². The third-order valence-electron chi connectivity index (χ3n) is 7.13. The number of rotatable bonds is 13. The predicted octanol–water partition coefficient (Wildman–Crippen LogP) is 5.11. The van der Waals surface area contributed by atoms with Crippen LogP contribution in [-0.2, 0) is 26.0 Å². The van der Waals surface area contributed by atoms with Gasteiger partial charge in [-0.25, -0.2) is 8.42 Å². The molecule has 1 aromatic heterocycles. The third-order valence-corrected chi connectivity index (χ3v) is 9.99. The molecule has 1 atom stereocenters. The van der Waals surface area contributed by atoms with Gasteiger partial charge in [-0.1, -0.05) is 26.0 Å². The predicted molar refractivity (Wildman–Crippen MR) is 157 cm³/mol. The minimum absolute atomic E-state index is 0.113. The number of amides is 1. The molecule has 3 aromatic rings. The molecule has 0 saturated heterocycles. The summed E-state index contributed by atoms with van der Waals surface area (Å²) in [7, 11) is -0.833. The van der Waals surface area contributed by atoms with Gasteiger partial charge in [0.1, 0.15) is 18.1 Å². The molecule has 0 radical (unpaired) electrons. The summed E-state index contributed by atoms with van der Waals surface area (Å²) in [5.41, 5.74) is 2.29. The number of methoxy groups -OCH3 is 2. The largest absolute Gasteiger partial charge is 0.497 e. The number of benzene rings is 2. The minimum Gasteiger partial charge on any atom is -0.497 e. The van der Waals surface area contributed by atoms with E-state index in [4.69, 9.17) is 14.2 Å². The molecule has 4 rings (SSSR count). The second-order valence-corrected chi connectivity index (χ2v) is 13.0. The van der Waals surface area contributed by atoms with Gasteiger partial charge < -0.3 is 19.1 Å². The first-order valence-corrected chi connectivity index (χ1v) is 15.8. The van der Waals surface area contributed by atoms with E-state index in [1.165, 1.54) is 34.0 Å². The monoisotopic (exact) mass is 586 g/mol. The Morgan fingerprint density at radius 3 is 2.40 bits per heavy atom. The highest BCUT2D eigenvalue weighted by molar-refractivity contribution is 7.89. The lowest BCUT2D eigenvalue weighted by Crippen LogP contribution is -2.48. The summed E-state index contributed by atoms with van der Waals surface area (Å²) < 4.78 is 45.0. The first kappa shape index (κ1) is 30.0. The molecule has 0 spiro atoms. The molecule has 8 nitrogen and oxygen atoms in total. The van der Waals surface area contributed by atoms with E-state index < -0.39 is 10.0 Å². The molecular weight excluding hydrogens is 548 g/mol. The number of fused-ring (bicyclic) bond motifs is 1. The van der Waals surface area contributed by atoms with E-state index in [9.17, 15) is 13.2 Å². The van der Waals surface area contributed by atoms with Crippen molar-refractivity contribution in [2.75, 3.05) is 47.1 Å². The zero-order valence-corrected chi connectivity index (χ0v) is 25.2. The lowest BCUT2D eigenvalue weighted by Gasteiger charge is -2.37. The molecule has 0 saturated carbocycles. The standard InChI is InChI=1S/C30H38N2O6S2/c1-22(2)23-6-8-25(9-7-23)38-21-28-27-15-19-39-29(27)14-17-32(28)30(33)20-31(16-5-18-36-3)40(34,35)26-12-10-24(37-4)11-13-26/h6-13,15,19,22,28H,5,14,16-18,20-21H2,1-4H3/t28-/m1/s1. The summed E-state index contributed by atoms with van der Waals surface area (Å²) >= 11 is 1.68. The first-order valence-electron chi connectivity index (χ1n) is 13.5. The number of thiophene rings is 1. The summed E-state index contributed by atoms with van der Waals surface area (Å²) in [5, 5.41) is 2.04. The van der Waals surface area contributed by atoms with Gasteiger partial charge in [0.05, 0.1) is 24.6 Å². The van der Waals surface area contributed by atoms with Crippen molar-refractivity contribution in [2.24, 2.45) is 0 Å². The van der Waals surface area contributed by atoms with Crippen LogP contribution in [-0.4, -0.2) is 70.6 Å². The lowest BCUT2D eigenvalue weighted by atomic mass is 10.0. The van der Waals surface area contributed by atoms with Crippen LogP contribution in [0.3, 0.4) is 0 Å². The van der Waals surface area contributed by atoms with Crippen LogP contribution in [0, 0.1) is 0 Å². The van der Waals surface area contributed by atoms with E-state index in [2.05, 4.69) is 26.0 Å². The Balaban J connectivity index is 1.54. The van der Waals surface area contributed by atoms with Gasteiger partial charge in [0.25, 0.3) is 0 Å². The maximum Gasteiger partial charge on any atom is 0.243 e. The maximum atomic E-state index is 13.8. The van der Waals surface area contributed by atoms with Gasteiger partial charge in [0.2, 0.25) is 15.9 Å². The highest BCUT2D eigenvalue weighted by atomic mass is 32.2. The lowest BCUT2D eigenvalue weighted by molar-refractivity contribution is -0.135. The highest BCUT2D eigenvalue weighted by Gasteiger charge is 2.35. The number of carbonyl (C=O) groups excluding carboxylic acids is 1. The minimum atomic E-state index is -3.93. The van der Waals surface area contributed by atoms with Crippen molar-refractivity contribution < 1.29 is 27.4 Å². The van der Waals surface area contributed by atoms with Crippen molar-refractivity contribution in [3.63, 3.8) is 0 Å². The molecule has 1 aliphatic heterocycles. The second-order valence-electron chi connectivity index (χ2n) is 10.0. The molecule has 1 aliphatic rings. The van der Waals surface area contributed by atoms with E-state index in [-0.39, 0.29) is 36.5 Å². The van der Waals surface area contributed by atoms with E-state index in [1.807, 2.05) is 23.6 Å². The van der Waals surface area contributed by atoms with E-state index in [0.717, 1.165) is 17.7 Å². The molecule has 40 heavy (non-hydrogen) atoms. The van der Waals surface area contributed by atoms with Gasteiger partial charge in [0.15, 0.2) is 0 Å². The second kappa shape index (κ2) is 13.6. The van der Waals surface area contributed by atoms with E-state index in [1.54, 1.807) is 35.5 Å². The number of nitrogens with zero attached hydrogens (tertiary/aromatic N) is 2. The fourth-order valence-electron chi connectivity index (χ4n) is 4.81. The Labute approximate surface area is 241 Å². The Kier molecular flexibility index (Phi) is 10.2. The average molecular weight is 587 g/mol. The van der Waals surface area contributed by atoms with Crippen LogP contribution in [0.1, 0.15) is 48.2 Å². The molecule has 0 aliphatic carbocycles. The van der Waals surface area contributed by atoms with Crippen molar-refractivity contribution in [1.82, 2.24) is 9.21 Å².